The normalized spacial score (nSPS) is 15.5. The molecule has 1 fully saturated rings. The van der Waals surface area contributed by atoms with Crippen LogP contribution < -0.4 is 5.32 Å². The van der Waals surface area contributed by atoms with Crippen LogP contribution in [-0.2, 0) is 35.2 Å². The van der Waals surface area contributed by atoms with Crippen molar-refractivity contribution in [1.82, 2.24) is 10.2 Å². The van der Waals surface area contributed by atoms with Gasteiger partial charge < -0.3 is 19.7 Å². The van der Waals surface area contributed by atoms with Crippen molar-refractivity contribution in [2.45, 2.75) is 64.7 Å². The number of alkyl carbamates (subject to hydrolysis) is 1. The van der Waals surface area contributed by atoms with Gasteiger partial charge in [0.25, 0.3) is 0 Å². The highest BCUT2D eigenvalue weighted by atomic mass is 32.2. The largest absolute Gasteiger partial charge is 0.445 e. The highest BCUT2D eigenvalue weighted by Crippen LogP contribution is 2.22. The van der Waals surface area contributed by atoms with Gasteiger partial charge in [-0.3, -0.25) is 13.8 Å². The molecule has 0 saturated carbocycles. The number of likely N-dealkylation sites (tertiary alicyclic amines) is 1. The smallest absolute Gasteiger partial charge is 0.410 e. The second-order valence-electron chi connectivity index (χ2n) is 10.3. The van der Waals surface area contributed by atoms with Crippen molar-refractivity contribution in [2.24, 2.45) is 5.92 Å². The highest BCUT2D eigenvalue weighted by molar-refractivity contribution is 8.01. The number of nitrogens with zero attached hydrogens (tertiary/aromatic N) is 1. The Labute approximate surface area is 213 Å². The maximum atomic E-state index is 13.3. The number of rotatable bonds is 9. The average molecular weight is 523 g/mol. The first-order chi connectivity index (χ1) is 16.7. The van der Waals surface area contributed by atoms with Gasteiger partial charge in [-0.15, -0.1) is 0 Å². The van der Waals surface area contributed by atoms with Gasteiger partial charge >= 0.3 is 12.2 Å². The molecule has 1 atom stereocenters. The Bertz CT molecular complexity index is 1040. The summed E-state index contributed by atoms with van der Waals surface area (Å²) in [6, 6.07) is 8.45. The van der Waals surface area contributed by atoms with E-state index in [0.717, 1.165) is 5.56 Å². The molecule has 10 heteroatoms. The fourth-order valence-corrected chi connectivity index (χ4v) is 4.59. The molecule has 0 aliphatic carbocycles. The highest BCUT2D eigenvalue weighted by Gasteiger charge is 2.33. The number of carbonyl (C=O) groups excluding carboxylic acids is 4. The van der Waals surface area contributed by atoms with E-state index < -0.39 is 33.4 Å². The number of ketones is 2. The van der Waals surface area contributed by atoms with E-state index >= 15 is 0 Å². The fraction of sp³-hybridized carbons (Fsp3) is 0.577. The quantitative estimate of drug-likeness (QED) is 0.495. The van der Waals surface area contributed by atoms with Gasteiger partial charge in [0.05, 0.1) is 6.04 Å². The lowest BCUT2D eigenvalue weighted by atomic mass is 9.87. The third-order valence-corrected chi connectivity index (χ3v) is 6.32. The zero-order valence-corrected chi connectivity index (χ0v) is 22.6. The molecular weight excluding hydrogens is 484 g/mol. The number of carbonyl (C=O) groups is 4. The third kappa shape index (κ3) is 10.8. The molecule has 36 heavy (non-hydrogen) atoms. The molecule has 1 heterocycles. The lowest BCUT2D eigenvalue weighted by Gasteiger charge is -2.32. The fourth-order valence-electron chi connectivity index (χ4n) is 3.84. The summed E-state index contributed by atoms with van der Waals surface area (Å²) in [6.07, 6.45) is 2.63. The van der Waals surface area contributed by atoms with Gasteiger partial charge in [-0.1, -0.05) is 30.3 Å². The van der Waals surface area contributed by atoms with Crippen LogP contribution in [0.25, 0.3) is 0 Å². The minimum absolute atomic E-state index is 0.0322. The summed E-state index contributed by atoms with van der Waals surface area (Å²) >= 11 is 0. The van der Waals surface area contributed by atoms with Crippen LogP contribution in [0.4, 0.5) is 9.59 Å². The molecular formula is C26H38N2O7S. The van der Waals surface area contributed by atoms with Crippen LogP contribution in [0.2, 0.25) is 0 Å². The second-order valence-corrected chi connectivity index (χ2v) is 13.2. The second kappa shape index (κ2) is 12.9. The summed E-state index contributed by atoms with van der Waals surface area (Å²) in [4.78, 5) is 51.9. The molecule has 0 bridgehead atoms. The van der Waals surface area contributed by atoms with E-state index in [9.17, 15) is 23.4 Å². The monoisotopic (exact) mass is 522 g/mol. The van der Waals surface area contributed by atoms with Gasteiger partial charge in [0.2, 0.25) is 0 Å². The standard InChI is InChI=1S/C26H38N2O7S/c1-26(2,3)35-24(31)27-22(12-11-21(29)18-36(4,5)33)23(30)20-13-15-28(16-14-20)25(32)34-17-19-9-7-6-8-10-19/h6-10,18,20,22H,11-17H2,1-5H3,(H,27,31)/t22-/m0/s1. The van der Waals surface area contributed by atoms with Crippen molar-refractivity contribution in [1.29, 1.82) is 0 Å². The lowest BCUT2D eigenvalue weighted by molar-refractivity contribution is -0.126. The molecule has 1 aliphatic heterocycles. The molecule has 0 radical (unpaired) electrons. The molecule has 1 aromatic carbocycles. The summed E-state index contributed by atoms with van der Waals surface area (Å²) in [5, 5.41) is 3.78. The van der Waals surface area contributed by atoms with Crippen LogP contribution >= 0.6 is 0 Å². The first-order valence-electron chi connectivity index (χ1n) is 12.0. The maximum Gasteiger partial charge on any atom is 0.410 e. The number of amides is 2. The minimum Gasteiger partial charge on any atom is -0.445 e. The molecule has 1 saturated heterocycles. The number of ether oxygens (including phenoxy) is 2. The van der Waals surface area contributed by atoms with Crippen LogP contribution in [0.1, 0.15) is 52.0 Å². The van der Waals surface area contributed by atoms with E-state index in [2.05, 4.69) is 5.32 Å². The number of hydrogen-bond acceptors (Lipinski definition) is 7. The molecule has 2 amide bonds. The van der Waals surface area contributed by atoms with Gasteiger partial charge in [-0.25, -0.2) is 9.59 Å². The molecule has 2 rings (SSSR count). The first-order valence-corrected chi connectivity index (χ1v) is 14.5. The molecule has 0 unspecified atom stereocenters. The molecule has 9 nitrogen and oxygen atoms in total. The van der Waals surface area contributed by atoms with Crippen molar-refractivity contribution < 1.29 is 32.9 Å². The van der Waals surface area contributed by atoms with E-state index in [1.54, 1.807) is 25.7 Å². The number of hydrogen-bond donors (Lipinski definition) is 1. The van der Waals surface area contributed by atoms with Crippen molar-refractivity contribution in [3.8, 4) is 0 Å². The SMILES string of the molecule is CC(C)(C)OC(=O)N[C@@H](CCC(=O)C=S(C)(C)=O)C(=O)C1CCN(C(=O)OCc2ccccc2)CC1. The molecule has 200 valence electrons. The van der Waals surface area contributed by atoms with Crippen LogP contribution in [0.3, 0.4) is 0 Å². The van der Waals surface area contributed by atoms with Gasteiger partial charge in [0.15, 0.2) is 11.6 Å². The van der Waals surface area contributed by atoms with Crippen LogP contribution in [0, 0.1) is 5.92 Å². The van der Waals surface area contributed by atoms with Crippen molar-refractivity contribution in [3.05, 3.63) is 35.9 Å². The van der Waals surface area contributed by atoms with E-state index in [-0.39, 0.29) is 36.9 Å². The Morgan fingerprint density at radius 1 is 1.11 bits per heavy atom. The number of Topliss-reactive ketones (excluding diaryl/α,β-unsaturated/α-hetero) is 2. The Hall–Kier alpha value is -2.88. The zero-order chi connectivity index (χ0) is 26.9. The van der Waals surface area contributed by atoms with Crippen LogP contribution in [-0.4, -0.2) is 75.5 Å². The van der Waals surface area contributed by atoms with E-state index in [1.807, 2.05) is 30.3 Å². The molecule has 0 spiro atoms. The summed E-state index contributed by atoms with van der Waals surface area (Å²) in [7, 11) is -2.37. The first kappa shape index (κ1) is 29.4. The van der Waals surface area contributed by atoms with E-state index in [4.69, 9.17) is 9.47 Å². The summed E-state index contributed by atoms with van der Waals surface area (Å²) in [5.41, 5.74) is 0.142. The Morgan fingerprint density at radius 3 is 2.28 bits per heavy atom. The Balaban J connectivity index is 1.97. The van der Waals surface area contributed by atoms with E-state index in [0.29, 0.717) is 25.9 Å². The summed E-state index contributed by atoms with van der Waals surface area (Å²) in [6.45, 7) is 6.02. The topological polar surface area (TPSA) is 119 Å². The minimum atomic E-state index is -2.37. The predicted octanol–water partition coefficient (Wildman–Crippen LogP) is 3.19. The van der Waals surface area contributed by atoms with Gasteiger partial charge in [0.1, 0.15) is 12.2 Å². The number of nitrogens with one attached hydrogen (secondary N) is 1. The Morgan fingerprint density at radius 2 is 1.72 bits per heavy atom. The number of piperidine rings is 1. The Kier molecular flexibility index (Phi) is 10.5. The van der Waals surface area contributed by atoms with Crippen LogP contribution in [0.5, 0.6) is 0 Å². The van der Waals surface area contributed by atoms with E-state index in [1.165, 1.54) is 17.9 Å². The van der Waals surface area contributed by atoms with Gasteiger partial charge in [-0.05, 0) is 55.1 Å². The molecule has 1 N–H and O–H groups in total. The summed E-state index contributed by atoms with van der Waals surface area (Å²) in [5.74, 6) is -0.937. The molecule has 1 aromatic rings. The number of benzene rings is 1. The molecule has 0 aromatic heterocycles. The van der Waals surface area contributed by atoms with Crippen molar-refractivity contribution >= 4 is 38.6 Å². The van der Waals surface area contributed by atoms with Crippen molar-refractivity contribution in [3.63, 3.8) is 0 Å². The van der Waals surface area contributed by atoms with Gasteiger partial charge in [0, 0.05) is 43.3 Å². The summed E-state index contributed by atoms with van der Waals surface area (Å²) < 4.78 is 22.6. The lowest BCUT2D eigenvalue weighted by Crippen LogP contribution is -2.48. The van der Waals surface area contributed by atoms with Crippen molar-refractivity contribution in [2.75, 3.05) is 25.6 Å². The predicted molar refractivity (Wildman–Crippen MR) is 139 cm³/mol. The van der Waals surface area contributed by atoms with Crippen LogP contribution in [0.15, 0.2) is 30.3 Å². The third-order valence-electron chi connectivity index (χ3n) is 5.49. The molecule has 1 aliphatic rings. The van der Waals surface area contributed by atoms with Gasteiger partial charge in [-0.2, -0.15) is 0 Å². The zero-order valence-electron chi connectivity index (χ0n) is 21.8. The average Bonchev–Trinajstić information content (AvgIpc) is 2.78. The maximum absolute atomic E-state index is 13.3.